The quantitative estimate of drug-likeness (QED) is 0.757. The topological polar surface area (TPSA) is 23.6 Å². The Labute approximate surface area is 163 Å². The number of hydrogen-bond donors (Lipinski definition) is 0. The van der Waals surface area contributed by atoms with Crippen LogP contribution in [-0.2, 0) is 11.3 Å². The van der Waals surface area contributed by atoms with Crippen molar-refractivity contribution in [1.82, 2.24) is 9.80 Å². The lowest BCUT2D eigenvalue weighted by Crippen LogP contribution is -2.42. The van der Waals surface area contributed by atoms with Crippen molar-refractivity contribution in [2.75, 3.05) is 20.6 Å². The van der Waals surface area contributed by atoms with Gasteiger partial charge in [0.25, 0.3) is 0 Å². The van der Waals surface area contributed by atoms with Gasteiger partial charge in [0, 0.05) is 42.4 Å². The number of carbonyl (C=O) groups excluding carboxylic acids is 1. The Kier molecular flexibility index (Phi) is 6.22. The highest BCUT2D eigenvalue weighted by Gasteiger charge is 2.38. The predicted molar refractivity (Wildman–Crippen MR) is 105 cm³/mol. The molecule has 2 atom stereocenters. The summed E-state index contributed by atoms with van der Waals surface area (Å²) in [6, 6.07) is 14.1. The van der Waals surface area contributed by atoms with Crippen LogP contribution in [-0.4, -0.2) is 47.6 Å². The predicted octanol–water partition coefficient (Wildman–Crippen LogP) is 4.30. The molecule has 3 rings (SSSR count). The van der Waals surface area contributed by atoms with Crippen LogP contribution in [0, 0.1) is 5.82 Å². The molecule has 0 saturated carbocycles. The zero-order valence-corrected chi connectivity index (χ0v) is 16.4. The summed E-state index contributed by atoms with van der Waals surface area (Å²) < 4.78 is 13.1. The van der Waals surface area contributed by atoms with Gasteiger partial charge in [-0.1, -0.05) is 29.8 Å². The molecule has 1 aliphatic rings. The van der Waals surface area contributed by atoms with Crippen molar-refractivity contribution in [3.8, 4) is 0 Å². The van der Waals surface area contributed by atoms with Crippen LogP contribution in [0.1, 0.15) is 12.0 Å². The Bertz CT molecular complexity index is 769. The average molecular weight is 393 g/mol. The normalized spacial score (nSPS) is 20.3. The van der Waals surface area contributed by atoms with Gasteiger partial charge in [-0.05, 0) is 42.3 Å². The van der Waals surface area contributed by atoms with Gasteiger partial charge in [-0.3, -0.25) is 9.69 Å². The zero-order chi connectivity index (χ0) is 18.7. The molecule has 0 aliphatic carbocycles. The van der Waals surface area contributed by atoms with E-state index in [0.29, 0.717) is 6.54 Å². The minimum atomic E-state index is -0.234. The molecule has 0 unspecified atom stereocenters. The SMILES string of the molecule is CN(C)C(=O)[C@@H]1C[C@@H](Sc2ccc(F)cc2)CN1Cc1ccccc1Cl. The molecule has 1 fully saturated rings. The number of thioether (sulfide) groups is 1. The van der Waals surface area contributed by atoms with E-state index >= 15 is 0 Å². The fourth-order valence-corrected chi connectivity index (χ4v) is 4.65. The molecule has 2 aromatic rings. The maximum absolute atomic E-state index is 13.1. The van der Waals surface area contributed by atoms with Gasteiger partial charge in [-0.15, -0.1) is 11.8 Å². The maximum Gasteiger partial charge on any atom is 0.239 e. The second-order valence-corrected chi connectivity index (χ2v) is 8.48. The average Bonchev–Trinajstić information content (AvgIpc) is 3.00. The Morgan fingerprint density at radius 3 is 2.58 bits per heavy atom. The van der Waals surface area contributed by atoms with Gasteiger partial charge in [0.2, 0.25) is 5.91 Å². The number of likely N-dealkylation sites (tertiary alicyclic amines) is 1. The molecular formula is C20H22ClFN2OS. The van der Waals surface area contributed by atoms with E-state index in [-0.39, 0.29) is 23.0 Å². The van der Waals surface area contributed by atoms with Crippen LogP contribution in [0.3, 0.4) is 0 Å². The van der Waals surface area contributed by atoms with Crippen LogP contribution in [0.5, 0.6) is 0 Å². The Hall–Kier alpha value is -1.56. The molecule has 138 valence electrons. The smallest absolute Gasteiger partial charge is 0.239 e. The first-order chi connectivity index (χ1) is 12.4. The molecule has 2 aromatic carbocycles. The first-order valence-electron chi connectivity index (χ1n) is 8.55. The highest BCUT2D eigenvalue weighted by atomic mass is 35.5. The summed E-state index contributed by atoms with van der Waals surface area (Å²) in [5.41, 5.74) is 1.03. The molecule has 0 radical (unpaired) electrons. The van der Waals surface area contributed by atoms with E-state index < -0.39 is 0 Å². The number of halogens is 2. The molecule has 0 spiro atoms. The summed E-state index contributed by atoms with van der Waals surface area (Å²) in [6.45, 7) is 1.43. The van der Waals surface area contributed by atoms with E-state index in [1.807, 2.05) is 24.3 Å². The third kappa shape index (κ3) is 4.58. The van der Waals surface area contributed by atoms with Gasteiger partial charge in [0.1, 0.15) is 5.82 Å². The van der Waals surface area contributed by atoms with Crippen LogP contribution >= 0.6 is 23.4 Å². The minimum absolute atomic E-state index is 0.110. The second-order valence-electron chi connectivity index (χ2n) is 6.70. The minimum Gasteiger partial charge on any atom is -0.347 e. The van der Waals surface area contributed by atoms with Crippen LogP contribution in [0.2, 0.25) is 5.02 Å². The number of amides is 1. The van der Waals surface area contributed by atoms with Crippen LogP contribution in [0.4, 0.5) is 4.39 Å². The van der Waals surface area contributed by atoms with Crippen molar-refractivity contribution in [3.05, 3.63) is 64.9 Å². The highest BCUT2D eigenvalue weighted by molar-refractivity contribution is 8.00. The molecule has 0 aromatic heterocycles. The van der Waals surface area contributed by atoms with E-state index in [2.05, 4.69) is 4.90 Å². The van der Waals surface area contributed by atoms with Crippen LogP contribution in [0.25, 0.3) is 0 Å². The monoisotopic (exact) mass is 392 g/mol. The summed E-state index contributed by atoms with van der Waals surface area (Å²) in [5, 5.41) is 0.995. The molecule has 6 heteroatoms. The van der Waals surface area contributed by atoms with Crippen LogP contribution in [0.15, 0.2) is 53.4 Å². The molecule has 0 N–H and O–H groups in total. The summed E-state index contributed by atoms with van der Waals surface area (Å²) in [6.07, 6.45) is 0.767. The van der Waals surface area contributed by atoms with Gasteiger partial charge in [0.05, 0.1) is 6.04 Å². The molecule has 1 amide bonds. The van der Waals surface area contributed by atoms with Gasteiger partial charge >= 0.3 is 0 Å². The fourth-order valence-electron chi connectivity index (χ4n) is 3.23. The third-order valence-corrected chi connectivity index (χ3v) is 6.13. The summed E-state index contributed by atoms with van der Waals surface area (Å²) in [5.74, 6) is -0.124. The molecule has 3 nitrogen and oxygen atoms in total. The van der Waals surface area contributed by atoms with Crippen molar-refractivity contribution in [3.63, 3.8) is 0 Å². The molecule has 1 saturated heterocycles. The van der Waals surface area contributed by atoms with Gasteiger partial charge in [-0.25, -0.2) is 4.39 Å². The zero-order valence-electron chi connectivity index (χ0n) is 14.9. The maximum atomic E-state index is 13.1. The molecule has 26 heavy (non-hydrogen) atoms. The standard InChI is InChI=1S/C20H22ClFN2OS/c1-23(2)20(25)19-11-17(26-16-9-7-15(22)8-10-16)13-24(19)12-14-5-3-4-6-18(14)21/h3-10,17,19H,11-13H2,1-2H3/t17-,19+/m1/s1. The molecule has 0 bridgehead atoms. The summed E-state index contributed by atoms with van der Waals surface area (Å²) in [7, 11) is 3.58. The van der Waals surface area contributed by atoms with Gasteiger partial charge < -0.3 is 4.90 Å². The Morgan fingerprint density at radius 1 is 1.23 bits per heavy atom. The molecule has 1 aliphatic heterocycles. The van der Waals surface area contributed by atoms with E-state index in [1.165, 1.54) is 12.1 Å². The first-order valence-corrected chi connectivity index (χ1v) is 9.80. The van der Waals surface area contributed by atoms with Crippen LogP contribution < -0.4 is 0 Å². The molecular weight excluding hydrogens is 371 g/mol. The van der Waals surface area contributed by atoms with E-state index in [1.54, 1.807) is 42.9 Å². The van der Waals surface area contributed by atoms with Crippen molar-refractivity contribution < 1.29 is 9.18 Å². The first kappa shape index (κ1) is 19.2. The lowest BCUT2D eigenvalue weighted by Gasteiger charge is -2.26. The highest BCUT2D eigenvalue weighted by Crippen LogP contribution is 2.35. The van der Waals surface area contributed by atoms with Gasteiger partial charge in [0.15, 0.2) is 0 Å². The largest absolute Gasteiger partial charge is 0.347 e. The van der Waals surface area contributed by atoms with Crippen molar-refractivity contribution in [1.29, 1.82) is 0 Å². The second kappa shape index (κ2) is 8.42. The van der Waals surface area contributed by atoms with Crippen molar-refractivity contribution >= 4 is 29.3 Å². The van der Waals surface area contributed by atoms with Gasteiger partial charge in [-0.2, -0.15) is 0 Å². The van der Waals surface area contributed by atoms with Crippen molar-refractivity contribution in [2.24, 2.45) is 0 Å². The molecule has 1 heterocycles. The third-order valence-electron chi connectivity index (χ3n) is 4.54. The number of nitrogens with zero attached hydrogens (tertiary/aromatic N) is 2. The van der Waals surface area contributed by atoms with E-state index in [9.17, 15) is 9.18 Å². The summed E-state index contributed by atoms with van der Waals surface area (Å²) >= 11 is 8.01. The lowest BCUT2D eigenvalue weighted by atomic mass is 10.1. The number of likely N-dealkylation sites (N-methyl/N-ethyl adjacent to an activating group) is 1. The number of benzene rings is 2. The Morgan fingerprint density at radius 2 is 1.92 bits per heavy atom. The number of carbonyl (C=O) groups is 1. The number of hydrogen-bond acceptors (Lipinski definition) is 3. The Balaban J connectivity index is 1.75. The van der Waals surface area contributed by atoms with E-state index in [4.69, 9.17) is 11.6 Å². The lowest BCUT2D eigenvalue weighted by molar-refractivity contribution is -0.133. The van der Waals surface area contributed by atoms with Crippen molar-refractivity contribution in [2.45, 2.75) is 29.2 Å². The summed E-state index contributed by atoms with van der Waals surface area (Å²) in [4.78, 5) is 17.5. The fraction of sp³-hybridized carbons (Fsp3) is 0.350. The number of rotatable bonds is 5. The van der Waals surface area contributed by atoms with E-state index in [0.717, 1.165) is 28.4 Å².